The van der Waals surface area contributed by atoms with Crippen molar-refractivity contribution in [1.29, 1.82) is 0 Å². The Morgan fingerprint density at radius 1 is 1.14 bits per heavy atom. The van der Waals surface area contributed by atoms with Gasteiger partial charge in [-0.15, -0.1) is 0 Å². The van der Waals surface area contributed by atoms with Crippen molar-refractivity contribution in [1.82, 2.24) is 4.68 Å². The Bertz CT molecular complexity index is 673. The lowest BCUT2D eigenvalue weighted by Gasteiger charge is -2.17. The van der Waals surface area contributed by atoms with E-state index in [0.29, 0.717) is 6.07 Å². The maximum Gasteiger partial charge on any atom is 0.418 e. The molecule has 8 heteroatoms. The maximum atomic E-state index is 13.0. The molecule has 112 valence electrons. The summed E-state index contributed by atoms with van der Waals surface area (Å²) in [6, 6.07) is 6.12. The molecule has 0 radical (unpaired) electrons. The number of alkyl halides is 3. The van der Waals surface area contributed by atoms with E-state index < -0.39 is 22.4 Å². The van der Waals surface area contributed by atoms with Gasteiger partial charge in [-0.3, -0.25) is 20.2 Å². The number of hydrogen-bond donors (Lipinski definition) is 1. The molecule has 0 aliphatic rings. The largest absolute Gasteiger partial charge is 0.418 e. The van der Waals surface area contributed by atoms with E-state index in [1.54, 1.807) is 26.0 Å². The molecule has 2 rings (SSSR count). The molecule has 5 nitrogen and oxygen atoms in total. The number of anilines is 1. The highest BCUT2D eigenvalue weighted by atomic mass is 19.4. The molecule has 0 amide bonds. The smallest absolute Gasteiger partial charge is 0.294 e. The predicted octanol–water partition coefficient (Wildman–Crippen LogP) is 3.91. The molecule has 1 heterocycles. The van der Waals surface area contributed by atoms with Crippen LogP contribution in [0.3, 0.4) is 0 Å². The standard InChI is InChI=1S/C13H12F3N3O2/c1-8-3-4-9(2)18(8)17-12-6-5-10(19(20)21)7-11(12)13(14,15)16/h3-7,17H,1-2H3. The predicted molar refractivity (Wildman–Crippen MR) is 71.0 cm³/mol. The van der Waals surface area contributed by atoms with E-state index in [0.717, 1.165) is 23.5 Å². The minimum atomic E-state index is -4.69. The molecule has 0 saturated heterocycles. The van der Waals surface area contributed by atoms with Crippen LogP contribution in [0.2, 0.25) is 0 Å². The molecule has 1 N–H and O–H groups in total. The maximum absolute atomic E-state index is 13.0. The summed E-state index contributed by atoms with van der Waals surface area (Å²) in [5, 5.41) is 10.6. The van der Waals surface area contributed by atoms with Crippen LogP contribution < -0.4 is 5.43 Å². The SMILES string of the molecule is Cc1ccc(C)n1Nc1ccc([N+](=O)[O-])cc1C(F)(F)F. The first-order chi connectivity index (χ1) is 9.70. The van der Waals surface area contributed by atoms with Crippen molar-refractivity contribution >= 4 is 11.4 Å². The lowest BCUT2D eigenvalue weighted by atomic mass is 10.1. The van der Waals surface area contributed by atoms with Crippen molar-refractivity contribution in [3.05, 3.63) is 57.4 Å². The summed E-state index contributed by atoms with van der Waals surface area (Å²) in [7, 11) is 0. The first-order valence-corrected chi connectivity index (χ1v) is 5.98. The summed E-state index contributed by atoms with van der Waals surface area (Å²) in [5.41, 5.74) is 2.16. The summed E-state index contributed by atoms with van der Waals surface area (Å²) in [4.78, 5) is 9.77. The molecule has 2 aromatic rings. The van der Waals surface area contributed by atoms with Gasteiger partial charge in [0.2, 0.25) is 0 Å². The number of nitrogens with zero attached hydrogens (tertiary/aromatic N) is 2. The van der Waals surface area contributed by atoms with Gasteiger partial charge in [-0.05, 0) is 32.0 Å². The van der Waals surface area contributed by atoms with Crippen LogP contribution in [-0.2, 0) is 6.18 Å². The van der Waals surface area contributed by atoms with Crippen molar-refractivity contribution in [2.75, 3.05) is 5.43 Å². The van der Waals surface area contributed by atoms with E-state index in [-0.39, 0.29) is 5.69 Å². The third-order valence-corrected chi connectivity index (χ3v) is 3.02. The molecular weight excluding hydrogens is 287 g/mol. The lowest BCUT2D eigenvalue weighted by molar-refractivity contribution is -0.385. The highest BCUT2D eigenvalue weighted by Crippen LogP contribution is 2.37. The molecular formula is C13H12F3N3O2. The third-order valence-electron chi connectivity index (χ3n) is 3.02. The highest BCUT2D eigenvalue weighted by Gasteiger charge is 2.35. The lowest BCUT2D eigenvalue weighted by Crippen LogP contribution is -2.17. The van der Waals surface area contributed by atoms with Gasteiger partial charge in [0.25, 0.3) is 5.69 Å². The number of hydrogen-bond acceptors (Lipinski definition) is 3. The van der Waals surface area contributed by atoms with Crippen molar-refractivity contribution in [3.63, 3.8) is 0 Å². The molecule has 0 atom stereocenters. The van der Waals surface area contributed by atoms with Gasteiger partial charge in [-0.1, -0.05) is 0 Å². The van der Waals surface area contributed by atoms with E-state index >= 15 is 0 Å². The number of nitrogens with one attached hydrogen (secondary N) is 1. The summed E-state index contributed by atoms with van der Waals surface area (Å²) < 4.78 is 40.6. The first-order valence-electron chi connectivity index (χ1n) is 5.98. The second-order valence-electron chi connectivity index (χ2n) is 4.55. The fourth-order valence-electron chi connectivity index (χ4n) is 1.94. The van der Waals surface area contributed by atoms with Crippen LogP contribution in [0, 0.1) is 24.0 Å². The Hall–Kier alpha value is -2.51. The van der Waals surface area contributed by atoms with Crippen LogP contribution in [0.15, 0.2) is 30.3 Å². The van der Waals surface area contributed by atoms with E-state index in [9.17, 15) is 23.3 Å². The minimum Gasteiger partial charge on any atom is -0.294 e. The van der Waals surface area contributed by atoms with Gasteiger partial charge in [0.1, 0.15) is 0 Å². The Balaban J connectivity index is 2.51. The van der Waals surface area contributed by atoms with Crippen molar-refractivity contribution in [3.8, 4) is 0 Å². The molecule has 0 fully saturated rings. The molecule has 0 spiro atoms. The van der Waals surface area contributed by atoms with Crippen LogP contribution in [-0.4, -0.2) is 9.60 Å². The molecule has 21 heavy (non-hydrogen) atoms. The fraction of sp³-hybridized carbons (Fsp3) is 0.231. The quantitative estimate of drug-likeness (QED) is 0.690. The van der Waals surface area contributed by atoms with Crippen molar-refractivity contribution in [2.24, 2.45) is 0 Å². The Morgan fingerprint density at radius 2 is 1.71 bits per heavy atom. The van der Waals surface area contributed by atoms with Crippen LogP contribution in [0.1, 0.15) is 17.0 Å². The number of rotatable bonds is 3. The summed E-state index contributed by atoms with van der Waals surface area (Å²) in [6.45, 7) is 3.47. The number of nitro benzene ring substituents is 1. The fourth-order valence-corrected chi connectivity index (χ4v) is 1.94. The molecule has 0 saturated carbocycles. The molecule has 1 aromatic heterocycles. The van der Waals surface area contributed by atoms with E-state index in [2.05, 4.69) is 5.43 Å². The minimum absolute atomic E-state index is 0.240. The molecule has 0 aliphatic carbocycles. The zero-order valence-corrected chi connectivity index (χ0v) is 11.2. The summed E-state index contributed by atoms with van der Waals surface area (Å²) in [5.74, 6) is 0. The molecule has 0 aliphatic heterocycles. The van der Waals surface area contributed by atoms with Gasteiger partial charge in [0, 0.05) is 23.5 Å². The Labute approximate surface area is 118 Å². The van der Waals surface area contributed by atoms with Gasteiger partial charge in [-0.2, -0.15) is 13.2 Å². The number of benzene rings is 1. The van der Waals surface area contributed by atoms with Crippen molar-refractivity contribution in [2.45, 2.75) is 20.0 Å². The van der Waals surface area contributed by atoms with Gasteiger partial charge in [0.05, 0.1) is 16.2 Å². The number of aromatic nitrogens is 1. The second kappa shape index (κ2) is 5.12. The average molecular weight is 299 g/mol. The van der Waals surface area contributed by atoms with Crippen LogP contribution in [0.4, 0.5) is 24.5 Å². The number of halogens is 3. The Morgan fingerprint density at radius 3 is 2.19 bits per heavy atom. The number of aryl methyl sites for hydroxylation is 2. The topological polar surface area (TPSA) is 60.1 Å². The second-order valence-corrected chi connectivity index (χ2v) is 4.55. The van der Waals surface area contributed by atoms with Crippen LogP contribution in [0.25, 0.3) is 0 Å². The van der Waals surface area contributed by atoms with Crippen LogP contribution in [0.5, 0.6) is 0 Å². The molecule has 0 unspecified atom stereocenters. The summed E-state index contributed by atoms with van der Waals surface area (Å²) >= 11 is 0. The van der Waals surface area contributed by atoms with Gasteiger partial charge in [0.15, 0.2) is 0 Å². The van der Waals surface area contributed by atoms with E-state index in [4.69, 9.17) is 0 Å². The van der Waals surface area contributed by atoms with Crippen molar-refractivity contribution < 1.29 is 18.1 Å². The summed E-state index contributed by atoms with van der Waals surface area (Å²) in [6.07, 6.45) is -4.69. The normalized spacial score (nSPS) is 11.5. The van der Waals surface area contributed by atoms with Gasteiger partial charge < -0.3 is 0 Å². The van der Waals surface area contributed by atoms with Gasteiger partial charge >= 0.3 is 6.18 Å². The first kappa shape index (κ1) is 14.9. The molecule has 1 aromatic carbocycles. The zero-order chi connectivity index (χ0) is 15.8. The third kappa shape index (κ3) is 2.99. The number of nitro groups is 1. The van der Waals surface area contributed by atoms with Crippen LogP contribution >= 0.6 is 0 Å². The molecule has 0 bridgehead atoms. The monoisotopic (exact) mass is 299 g/mol. The zero-order valence-electron chi connectivity index (χ0n) is 11.2. The average Bonchev–Trinajstić information content (AvgIpc) is 2.69. The van der Waals surface area contributed by atoms with E-state index in [1.165, 1.54) is 4.68 Å². The Kier molecular flexibility index (Phi) is 3.63. The highest BCUT2D eigenvalue weighted by molar-refractivity contribution is 5.57. The van der Waals surface area contributed by atoms with E-state index in [1.807, 2.05) is 0 Å². The van der Waals surface area contributed by atoms with Gasteiger partial charge in [-0.25, -0.2) is 0 Å². The number of non-ortho nitro benzene ring substituents is 1.